The van der Waals surface area contributed by atoms with Gasteiger partial charge in [0.1, 0.15) is 5.82 Å². The van der Waals surface area contributed by atoms with Crippen molar-refractivity contribution in [3.63, 3.8) is 0 Å². The molecule has 1 aromatic heterocycles. The van der Waals surface area contributed by atoms with Gasteiger partial charge in [0.15, 0.2) is 0 Å². The summed E-state index contributed by atoms with van der Waals surface area (Å²) in [7, 11) is 0. The van der Waals surface area contributed by atoms with Gasteiger partial charge < -0.3 is 10.2 Å². The van der Waals surface area contributed by atoms with E-state index in [4.69, 9.17) is 0 Å². The summed E-state index contributed by atoms with van der Waals surface area (Å²) in [5.74, 6) is 0.339. The van der Waals surface area contributed by atoms with E-state index in [1.165, 1.54) is 49.4 Å². The molecule has 0 spiro atoms. The van der Waals surface area contributed by atoms with Crippen molar-refractivity contribution in [2.75, 3.05) is 19.6 Å². The Morgan fingerprint density at radius 2 is 2.10 bits per heavy atom. The number of carbonyl (C=O) groups excluding carboxylic acids is 1. The molecule has 1 aromatic carbocycles. The predicted octanol–water partition coefficient (Wildman–Crippen LogP) is 2.86. The van der Waals surface area contributed by atoms with Crippen LogP contribution < -0.4 is 5.32 Å². The molecule has 3 aliphatic rings. The molecule has 2 aromatic rings. The molecule has 21 heavy (non-hydrogen) atoms. The molecule has 1 atom stereocenters. The number of benzene rings is 1. The summed E-state index contributed by atoms with van der Waals surface area (Å²) in [6.07, 6.45) is 2.37. The first-order valence-electron chi connectivity index (χ1n) is 7.41. The molecule has 1 amide bonds. The van der Waals surface area contributed by atoms with Gasteiger partial charge in [-0.15, -0.1) is 11.3 Å². The summed E-state index contributed by atoms with van der Waals surface area (Å²) in [6, 6.07) is 6.72. The maximum absolute atomic E-state index is 13.2. The molecular formula is C16H17FN2OS. The Hall–Kier alpha value is -1.46. The van der Waals surface area contributed by atoms with Gasteiger partial charge in [-0.05, 0) is 61.5 Å². The number of hydrogen-bond acceptors (Lipinski definition) is 3. The van der Waals surface area contributed by atoms with Crippen molar-refractivity contribution in [3.8, 4) is 0 Å². The Morgan fingerprint density at radius 1 is 1.29 bits per heavy atom. The first kappa shape index (κ1) is 13.2. The highest BCUT2D eigenvalue weighted by atomic mass is 32.1. The fourth-order valence-corrected chi connectivity index (χ4v) is 4.44. The number of nitrogens with one attached hydrogen (secondary N) is 1. The molecule has 2 bridgehead atoms. The van der Waals surface area contributed by atoms with Crippen LogP contribution >= 0.6 is 11.3 Å². The van der Waals surface area contributed by atoms with E-state index in [1.54, 1.807) is 12.1 Å². The maximum atomic E-state index is 13.2. The fourth-order valence-electron chi connectivity index (χ4n) is 3.49. The predicted molar refractivity (Wildman–Crippen MR) is 82.2 cm³/mol. The number of carbonyl (C=O) groups is 1. The van der Waals surface area contributed by atoms with E-state index in [0.29, 0.717) is 10.8 Å². The van der Waals surface area contributed by atoms with Gasteiger partial charge in [-0.25, -0.2) is 4.39 Å². The van der Waals surface area contributed by atoms with E-state index in [1.807, 2.05) is 0 Å². The summed E-state index contributed by atoms with van der Waals surface area (Å²) in [5, 5.41) is 3.98. The second-order valence-corrected chi connectivity index (χ2v) is 7.09. The van der Waals surface area contributed by atoms with E-state index in [0.717, 1.165) is 16.6 Å². The molecule has 0 aliphatic carbocycles. The Balaban J connectivity index is 1.53. The fraction of sp³-hybridized carbons (Fsp3) is 0.438. The SMILES string of the molecule is O=C(N[C@H]1CN2CCC1CC2)c1cc2cc(F)ccc2s1. The molecule has 0 radical (unpaired) electrons. The Labute approximate surface area is 126 Å². The van der Waals surface area contributed by atoms with Crippen LogP contribution in [-0.4, -0.2) is 36.5 Å². The molecule has 0 unspecified atom stereocenters. The first-order chi connectivity index (χ1) is 10.2. The van der Waals surface area contributed by atoms with Crippen LogP contribution in [0.15, 0.2) is 24.3 Å². The highest BCUT2D eigenvalue weighted by Gasteiger charge is 2.35. The highest BCUT2D eigenvalue weighted by Crippen LogP contribution is 2.29. The van der Waals surface area contributed by atoms with Crippen molar-refractivity contribution in [1.29, 1.82) is 0 Å². The quantitative estimate of drug-likeness (QED) is 0.925. The van der Waals surface area contributed by atoms with Gasteiger partial charge in [0, 0.05) is 17.3 Å². The highest BCUT2D eigenvalue weighted by molar-refractivity contribution is 7.20. The lowest BCUT2D eigenvalue weighted by Gasteiger charge is -2.44. The third-order valence-corrected chi connectivity index (χ3v) is 5.79. The number of halogens is 1. The van der Waals surface area contributed by atoms with Crippen LogP contribution in [-0.2, 0) is 0 Å². The van der Waals surface area contributed by atoms with Crippen molar-refractivity contribution in [3.05, 3.63) is 35.0 Å². The van der Waals surface area contributed by atoms with E-state index in [-0.39, 0.29) is 17.8 Å². The lowest BCUT2D eigenvalue weighted by atomic mass is 9.84. The van der Waals surface area contributed by atoms with Crippen molar-refractivity contribution in [1.82, 2.24) is 10.2 Å². The average Bonchev–Trinajstić information content (AvgIpc) is 2.91. The van der Waals surface area contributed by atoms with Gasteiger partial charge in [-0.3, -0.25) is 4.79 Å². The molecule has 3 nitrogen and oxygen atoms in total. The van der Waals surface area contributed by atoms with E-state index >= 15 is 0 Å². The number of hydrogen-bond donors (Lipinski definition) is 1. The molecule has 3 saturated heterocycles. The van der Waals surface area contributed by atoms with Gasteiger partial charge in [0.05, 0.1) is 4.88 Å². The molecular weight excluding hydrogens is 287 g/mol. The molecule has 4 heterocycles. The average molecular weight is 304 g/mol. The van der Waals surface area contributed by atoms with Crippen LogP contribution in [0, 0.1) is 11.7 Å². The van der Waals surface area contributed by atoms with Gasteiger partial charge in [-0.2, -0.15) is 0 Å². The number of rotatable bonds is 2. The van der Waals surface area contributed by atoms with E-state index in [2.05, 4.69) is 10.2 Å². The molecule has 1 N–H and O–H groups in total. The zero-order chi connectivity index (χ0) is 14.4. The van der Waals surface area contributed by atoms with Crippen molar-refractivity contribution < 1.29 is 9.18 Å². The minimum absolute atomic E-state index is 0.0182. The Bertz CT molecular complexity index is 691. The van der Waals surface area contributed by atoms with Crippen molar-refractivity contribution in [2.45, 2.75) is 18.9 Å². The van der Waals surface area contributed by atoms with Crippen LogP contribution in [0.25, 0.3) is 10.1 Å². The Kier molecular flexibility index (Phi) is 3.19. The molecule has 3 fully saturated rings. The van der Waals surface area contributed by atoms with E-state index in [9.17, 15) is 9.18 Å². The lowest BCUT2D eigenvalue weighted by Crippen LogP contribution is -2.57. The third-order valence-electron chi connectivity index (χ3n) is 4.67. The molecule has 0 saturated carbocycles. The van der Waals surface area contributed by atoms with Crippen LogP contribution in [0.2, 0.25) is 0 Å². The lowest BCUT2D eigenvalue weighted by molar-refractivity contribution is 0.0622. The van der Waals surface area contributed by atoms with Crippen molar-refractivity contribution >= 4 is 27.3 Å². The van der Waals surface area contributed by atoms with Gasteiger partial charge in [-0.1, -0.05) is 0 Å². The number of piperidine rings is 3. The normalized spacial score (nSPS) is 28.0. The summed E-state index contributed by atoms with van der Waals surface area (Å²) >= 11 is 1.43. The second-order valence-electron chi connectivity index (χ2n) is 6.01. The number of amides is 1. The second kappa shape index (κ2) is 5.07. The van der Waals surface area contributed by atoms with E-state index < -0.39 is 0 Å². The molecule has 5 heteroatoms. The smallest absolute Gasteiger partial charge is 0.261 e. The van der Waals surface area contributed by atoms with Gasteiger partial charge in [0.25, 0.3) is 5.91 Å². The van der Waals surface area contributed by atoms with Crippen LogP contribution in [0.1, 0.15) is 22.5 Å². The first-order valence-corrected chi connectivity index (χ1v) is 8.23. The minimum Gasteiger partial charge on any atom is -0.347 e. The van der Waals surface area contributed by atoms with Crippen LogP contribution in [0.5, 0.6) is 0 Å². The van der Waals surface area contributed by atoms with Crippen LogP contribution in [0.3, 0.4) is 0 Å². The molecule has 110 valence electrons. The zero-order valence-corrected chi connectivity index (χ0v) is 12.5. The number of nitrogens with zero attached hydrogens (tertiary/aromatic N) is 1. The van der Waals surface area contributed by atoms with Crippen LogP contribution in [0.4, 0.5) is 4.39 Å². The van der Waals surface area contributed by atoms with Gasteiger partial charge >= 0.3 is 0 Å². The zero-order valence-electron chi connectivity index (χ0n) is 11.6. The Morgan fingerprint density at radius 3 is 2.81 bits per heavy atom. The monoisotopic (exact) mass is 304 g/mol. The topological polar surface area (TPSA) is 32.3 Å². The largest absolute Gasteiger partial charge is 0.347 e. The summed E-state index contributed by atoms with van der Waals surface area (Å²) in [4.78, 5) is 15.5. The molecule has 3 aliphatic heterocycles. The summed E-state index contributed by atoms with van der Waals surface area (Å²) in [6.45, 7) is 3.30. The number of thiophene rings is 1. The summed E-state index contributed by atoms with van der Waals surface area (Å²) in [5.41, 5.74) is 0. The van der Waals surface area contributed by atoms with Crippen molar-refractivity contribution in [2.24, 2.45) is 5.92 Å². The van der Waals surface area contributed by atoms with Gasteiger partial charge in [0.2, 0.25) is 0 Å². The minimum atomic E-state index is -0.260. The number of fused-ring (bicyclic) bond motifs is 4. The maximum Gasteiger partial charge on any atom is 0.261 e. The standard InChI is InChI=1S/C16H17FN2OS/c17-12-1-2-14-11(7-12)8-15(21-14)16(20)18-13-9-19-5-3-10(13)4-6-19/h1-2,7-8,10,13H,3-6,9H2,(H,18,20)/t13-/m0/s1. The third kappa shape index (κ3) is 2.45. The molecule has 5 rings (SSSR count). The summed E-state index contributed by atoms with van der Waals surface area (Å²) < 4.78 is 14.2.